The average molecular weight is 320 g/mol. The second kappa shape index (κ2) is 4.70. The number of nitrogens with two attached hydrogens (primary N) is 1. The Bertz CT molecular complexity index is 728. The lowest BCUT2D eigenvalue weighted by Gasteiger charge is -2.05. The second-order valence-electron chi connectivity index (χ2n) is 4.53. The summed E-state index contributed by atoms with van der Waals surface area (Å²) in [6, 6.07) is 5.98. The molecule has 19 heavy (non-hydrogen) atoms. The fourth-order valence-electron chi connectivity index (χ4n) is 2.19. The van der Waals surface area contributed by atoms with Crippen molar-refractivity contribution in [3.8, 4) is 0 Å². The highest BCUT2D eigenvalue weighted by Crippen LogP contribution is 2.22. The zero-order valence-corrected chi connectivity index (χ0v) is 12.1. The maximum absolute atomic E-state index is 5.99. The van der Waals surface area contributed by atoms with Crippen molar-refractivity contribution in [3.05, 3.63) is 40.6 Å². The van der Waals surface area contributed by atoms with Crippen LogP contribution >= 0.6 is 15.9 Å². The Morgan fingerprint density at radius 3 is 2.95 bits per heavy atom. The Morgan fingerprint density at radius 2 is 2.21 bits per heavy atom. The van der Waals surface area contributed by atoms with Gasteiger partial charge in [0.25, 0.3) is 0 Å². The molecule has 0 saturated carbocycles. The first-order chi connectivity index (χ1) is 9.13. The Hall–Kier alpha value is -1.82. The Kier molecular flexibility index (Phi) is 3.02. The monoisotopic (exact) mass is 319 g/mol. The predicted molar refractivity (Wildman–Crippen MR) is 78.8 cm³/mol. The summed E-state index contributed by atoms with van der Waals surface area (Å²) in [6.45, 7) is 0.796. The number of benzene rings is 1. The first-order valence-electron chi connectivity index (χ1n) is 6.02. The number of imidazole rings is 1. The van der Waals surface area contributed by atoms with Gasteiger partial charge in [-0.05, 0) is 30.2 Å². The van der Waals surface area contributed by atoms with Gasteiger partial charge in [-0.2, -0.15) is 5.10 Å². The third-order valence-electron chi connectivity index (χ3n) is 3.12. The van der Waals surface area contributed by atoms with E-state index in [4.69, 9.17) is 5.73 Å². The summed E-state index contributed by atoms with van der Waals surface area (Å²) < 4.78 is 4.87. The van der Waals surface area contributed by atoms with Crippen LogP contribution in [0.2, 0.25) is 0 Å². The Balaban J connectivity index is 1.91. The fraction of sp³-hybridized carbons (Fsp3) is 0.231. The molecule has 3 rings (SSSR count). The van der Waals surface area contributed by atoms with Gasteiger partial charge in [-0.1, -0.05) is 15.9 Å². The van der Waals surface area contributed by atoms with Gasteiger partial charge in [-0.25, -0.2) is 4.98 Å². The number of aromatic nitrogens is 4. The topological polar surface area (TPSA) is 61.7 Å². The van der Waals surface area contributed by atoms with Crippen LogP contribution in [0.25, 0.3) is 11.0 Å². The van der Waals surface area contributed by atoms with Gasteiger partial charge < -0.3 is 10.3 Å². The van der Waals surface area contributed by atoms with Gasteiger partial charge in [0.1, 0.15) is 0 Å². The molecule has 0 fully saturated rings. The molecule has 0 bridgehead atoms. The molecule has 2 N–H and O–H groups in total. The number of nitrogens with zero attached hydrogens (tertiary/aromatic N) is 4. The smallest absolute Gasteiger partial charge is 0.201 e. The molecule has 1 aromatic carbocycles. The Morgan fingerprint density at radius 1 is 1.37 bits per heavy atom. The van der Waals surface area contributed by atoms with Crippen LogP contribution in [0.15, 0.2) is 35.1 Å². The summed E-state index contributed by atoms with van der Waals surface area (Å²) in [4.78, 5) is 4.37. The third kappa shape index (κ3) is 2.35. The van der Waals surface area contributed by atoms with E-state index in [1.54, 1.807) is 4.68 Å². The first-order valence-corrected chi connectivity index (χ1v) is 6.81. The van der Waals surface area contributed by atoms with E-state index in [2.05, 4.69) is 26.0 Å². The maximum atomic E-state index is 5.99. The van der Waals surface area contributed by atoms with E-state index < -0.39 is 0 Å². The van der Waals surface area contributed by atoms with Crippen molar-refractivity contribution in [1.29, 1.82) is 0 Å². The van der Waals surface area contributed by atoms with Crippen LogP contribution in [-0.4, -0.2) is 19.3 Å². The number of hydrogen-bond donors (Lipinski definition) is 1. The zero-order valence-electron chi connectivity index (χ0n) is 10.5. The summed E-state index contributed by atoms with van der Waals surface area (Å²) in [5, 5.41) is 4.17. The van der Waals surface area contributed by atoms with Crippen molar-refractivity contribution in [1.82, 2.24) is 19.3 Å². The first kappa shape index (κ1) is 12.2. The molecule has 0 aliphatic heterocycles. The number of aryl methyl sites for hydroxylation is 3. The number of rotatable bonds is 3. The van der Waals surface area contributed by atoms with E-state index in [-0.39, 0.29) is 0 Å². The summed E-state index contributed by atoms with van der Waals surface area (Å²) in [7, 11) is 1.92. The van der Waals surface area contributed by atoms with Crippen molar-refractivity contribution < 1.29 is 0 Å². The van der Waals surface area contributed by atoms with Gasteiger partial charge in [-0.3, -0.25) is 4.68 Å². The molecule has 2 aromatic heterocycles. The van der Waals surface area contributed by atoms with E-state index in [9.17, 15) is 0 Å². The highest BCUT2D eigenvalue weighted by atomic mass is 79.9. The van der Waals surface area contributed by atoms with Crippen molar-refractivity contribution in [2.75, 3.05) is 5.73 Å². The molecule has 0 radical (unpaired) electrons. The molecule has 0 atom stereocenters. The lowest BCUT2D eigenvalue weighted by atomic mass is 10.2. The van der Waals surface area contributed by atoms with E-state index in [0.29, 0.717) is 5.95 Å². The van der Waals surface area contributed by atoms with E-state index >= 15 is 0 Å². The Labute approximate surface area is 119 Å². The summed E-state index contributed by atoms with van der Waals surface area (Å²) in [5.74, 6) is 0.553. The SMILES string of the molecule is Cn1cc(CCn2c(N)nc3ccc(Br)cc32)cn1. The molecule has 0 saturated heterocycles. The molecule has 98 valence electrons. The van der Waals surface area contributed by atoms with E-state index in [0.717, 1.165) is 28.5 Å². The summed E-state index contributed by atoms with van der Waals surface area (Å²) in [5.41, 5.74) is 9.16. The van der Waals surface area contributed by atoms with Gasteiger partial charge in [0, 0.05) is 24.3 Å². The summed E-state index contributed by atoms with van der Waals surface area (Å²) >= 11 is 3.48. The summed E-state index contributed by atoms with van der Waals surface area (Å²) in [6.07, 6.45) is 4.78. The number of hydrogen-bond acceptors (Lipinski definition) is 3. The molecule has 0 amide bonds. The number of halogens is 1. The van der Waals surface area contributed by atoms with Gasteiger partial charge in [0.15, 0.2) is 0 Å². The standard InChI is InChI=1S/C13H14BrN5/c1-18-8-9(7-16-18)4-5-19-12-6-10(14)2-3-11(12)17-13(19)15/h2-3,6-8H,4-5H2,1H3,(H2,15,17). The molecule has 5 nitrogen and oxygen atoms in total. The molecule has 0 aliphatic rings. The van der Waals surface area contributed by atoms with Gasteiger partial charge in [-0.15, -0.1) is 0 Å². The van der Waals surface area contributed by atoms with Gasteiger partial charge in [0.05, 0.1) is 17.2 Å². The lowest BCUT2D eigenvalue weighted by molar-refractivity contribution is 0.723. The van der Waals surface area contributed by atoms with Gasteiger partial charge in [0.2, 0.25) is 5.95 Å². The normalized spacial score (nSPS) is 11.3. The molecule has 2 heterocycles. The van der Waals surface area contributed by atoms with Crippen LogP contribution in [0.3, 0.4) is 0 Å². The van der Waals surface area contributed by atoms with Crippen LogP contribution < -0.4 is 5.73 Å². The number of anilines is 1. The number of fused-ring (bicyclic) bond motifs is 1. The quantitative estimate of drug-likeness (QED) is 0.806. The molecular formula is C13H14BrN5. The van der Waals surface area contributed by atoms with E-state index in [1.807, 2.05) is 42.2 Å². The van der Waals surface area contributed by atoms with Crippen LogP contribution in [0, 0.1) is 0 Å². The van der Waals surface area contributed by atoms with Crippen LogP contribution in [0.1, 0.15) is 5.56 Å². The molecule has 0 unspecified atom stereocenters. The molecule has 6 heteroatoms. The van der Waals surface area contributed by atoms with Crippen molar-refractivity contribution in [2.24, 2.45) is 7.05 Å². The fourth-order valence-corrected chi connectivity index (χ4v) is 2.54. The lowest BCUT2D eigenvalue weighted by Crippen LogP contribution is -2.05. The molecule has 0 spiro atoms. The zero-order chi connectivity index (χ0) is 13.4. The highest BCUT2D eigenvalue weighted by molar-refractivity contribution is 9.10. The van der Waals surface area contributed by atoms with Crippen molar-refractivity contribution in [3.63, 3.8) is 0 Å². The van der Waals surface area contributed by atoms with Crippen LogP contribution in [-0.2, 0) is 20.0 Å². The maximum Gasteiger partial charge on any atom is 0.201 e. The predicted octanol–water partition coefficient (Wildman–Crippen LogP) is 2.36. The third-order valence-corrected chi connectivity index (χ3v) is 3.62. The van der Waals surface area contributed by atoms with E-state index in [1.165, 1.54) is 5.56 Å². The highest BCUT2D eigenvalue weighted by Gasteiger charge is 2.08. The molecular weight excluding hydrogens is 306 g/mol. The van der Waals surface area contributed by atoms with Crippen LogP contribution in [0.4, 0.5) is 5.95 Å². The van der Waals surface area contributed by atoms with Crippen LogP contribution in [0.5, 0.6) is 0 Å². The van der Waals surface area contributed by atoms with Gasteiger partial charge >= 0.3 is 0 Å². The minimum Gasteiger partial charge on any atom is -0.369 e. The number of nitrogen functional groups attached to an aromatic ring is 1. The average Bonchev–Trinajstić information content (AvgIpc) is 2.90. The minimum atomic E-state index is 0.553. The molecule has 3 aromatic rings. The second-order valence-corrected chi connectivity index (χ2v) is 5.44. The molecule has 0 aliphatic carbocycles. The largest absolute Gasteiger partial charge is 0.369 e. The van der Waals surface area contributed by atoms with Crippen molar-refractivity contribution >= 4 is 32.9 Å². The van der Waals surface area contributed by atoms with Crippen molar-refractivity contribution in [2.45, 2.75) is 13.0 Å². The minimum absolute atomic E-state index is 0.553.